The Hall–Kier alpha value is -1.23. The second-order valence-electron chi connectivity index (χ2n) is 2.98. The van der Waals surface area contributed by atoms with Gasteiger partial charge in [-0.25, -0.2) is 0 Å². The molecule has 1 aromatic rings. The van der Waals surface area contributed by atoms with Gasteiger partial charge in [0.1, 0.15) is 22.9 Å². The first kappa shape index (κ1) is 12.8. The standard InChI is InChI=1S/C11H13BrO4/c1-14-8-4-3-5-9(6-8)16-7-10(12)11(13)15-2/h3-6,10H,7H2,1-2H3. The first-order valence-electron chi connectivity index (χ1n) is 4.66. The van der Waals surface area contributed by atoms with E-state index in [1.165, 1.54) is 7.11 Å². The van der Waals surface area contributed by atoms with E-state index >= 15 is 0 Å². The first-order chi connectivity index (χ1) is 7.67. The molecule has 0 heterocycles. The predicted molar refractivity (Wildman–Crippen MR) is 63.2 cm³/mol. The average Bonchev–Trinajstić information content (AvgIpc) is 2.35. The second-order valence-corrected chi connectivity index (χ2v) is 4.09. The third kappa shape index (κ3) is 3.73. The van der Waals surface area contributed by atoms with E-state index in [2.05, 4.69) is 20.7 Å². The van der Waals surface area contributed by atoms with Crippen molar-refractivity contribution in [2.24, 2.45) is 0 Å². The van der Waals surface area contributed by atoms with Gasteiger partial charge in [0.15, 0.2) is 0 Å². The number of halogens is 1. The lowest BCUT2D eigenvalue weighted by Gasteiger charge is -2.10. The minimum Gasteiger partial charge on any atom is -0.497 e. The van der Waals surface area contributed by atoms with Crippen LogP contribution in [0.25, 0.3) is 0 Å². The molecule has 1 aromatic carbocycles. The summed E-state index contributed by atoms with van der Waals surface area (Å²) in [6, 6.07) is 7.17. The van der Waals surface area contributed by atoms with Crippen molar-refractivity contribution < 1.29 is 19.0 Å². The topological polar surface area (TPSA) is 44.8 Å². The minimum absolute atomic E-state index is 0.208. The number of esters is 1. The zero-order chi connectivity index (χ0) is 12.0. The number of alkyl halides is 1. The number of methoxy groups -OCH3 is 2. The number of benzene rings is 1. The van der Waals surface area contributed by atoms with E-state index < -0.39 is 4.83 Å². The van der Waals surface area contributed by atoms with E-state index in [9.17, 15) is 4.79 Å². The van der Waals surface area contributed by atoms with Crippen molar-refractivity contribution in [2.45, 2.75) is 4.83 Å². The van der Waals surface area contributed by atoms with Crippen molar-refractivity contribution in [2.75, 3.05) is 20.8 Å². The quantitative estimate of drug-likeness (QED) is 0.614. The van der Waals surface area contributed by atoms with Crippen LogP contribution >= 0.6 is 15.9 Å². The predicted octanol–water partition coefficient (Wildman–Crippen LogP) is 2.01. The highest BCUT2D eigenvalue weighted by atomic mass is 79.9. The van der Waals surface area contributed by atoms with Gasteiger partial charge in [0, 0.05) is 6.07 Å². The fraction of sp³-hybridized carbons (Fsp3) is 0.364. The summed E-state index contributed by atoms with van der Waals surface area (Å²) in [5.74, 6) is 0.997. The van der Waals surface area contributed by atoms with E-state index in [0.29, 0.717) is 11.5 Å². The highest BCUT2D eigenvalue weighted by Gasteiger charge is 2.15. The summed E-state index contributed by atoms with van der Waals surface area (Å²) in [6.07, 6.45) is 0. The van der Waals surface area contributed by atoms with Crippen LogP contribution in [-0.2, 0) is 9.53 Å². The third-order valence-corrected chi connectivity index (χ3v) is 2.53. The Morgan fingerprint density at radius 2 is 2.06 bits per heavy atom. The summed E-state index contributed by atoms with van der Waals surface area (Å²) in [7, 11) is 2.92. The summed E-state index contributed by atoms with van der Waals surface area (Å²) in [5.41, 5.74) is 0. The Labute approximate surface area is 103 Å². The van der Waals surface area contributed by atoms with E-state index in [1.807, 2.05) is 12.1 Å². The zero-order valence-electron chi connectivity index (χ0n) is 9.10. The van der Waals surface area contributed by atoms with Crippen molar-refractivity contribution in [3.8, 4) is 11.5 Å². The van der Waals surface area contributed by atoms with E-state index in [0.717, 1.165) is 0 Å². The number of hydrogen-bond donors (Lipinski definition) is 0. The molecule has 0 spiro atoms. The van der Waals surface area contributed by atoms with Gasteiger partial charge in [0.25, 0.3) is 0 Å². The van der Waals surface area contributed by atoms with Crippen LogP contribution < -0.4 is 9.47 Å². The molecule has 0 aromatic heterocycles. The van der Waals surface area contributed by atoms with Crippen LogP contribution in [0.1, 0.15) is 0 Å². The average molecular weight is 289 g/mol. The highest BCUT2D eigenvalue weighted by molar-refractivity contribution is 9.10. The molecule has 4 nitrogen and oxygen atoms in total. The smallest absolute Gasteiger partial charge is 0.322 e. The molecule has 0 bridgehead atoms. The lowest BCUT2D eigenvalue weighted by atomic mass is 10.3. The van der Waals surface area contributed by atoms with Crippen LogP contribution in [0.3, 0.4) is 0 Å². The van der Waals surface area contributed by atoms with Gasteiger partial charge in [-0.05, 0) is 12.1 Å². The van der Waals surface area contributed by atoms with Gasteiger partial charge in [-0.3, -0.25) is 4.79 Å². The van der Waals surface area contributed by atoms with Crippen molar-refractivity contribution in [1.29, 1.82) is 0 Å². The molecule has 0 saturated carbocycles. The number of rotatable bonds is 5. The summed E-state index contributed by atoms with van der Waals surface area (Å²) >= 11 is 3.17. The van der Waals surface area contributed by atoms with Crippen LogP contribution in [-0.4, -0.2) is 31.6 Å². The maximum absolute atomic E-state index is 11.1. The summed E-state index contributed by atoms with van der Waals surface area (Å²) < 4.78 is 15.0. The summed E-state index contributed by atoms with van der Waals surface area (Å²) in [5, 5.41) is 0. The molecule has 0 N–H and O–H groups in total. The van der Waals surface area contributed by atoms with Gasteiger partial charge in [-0.15, -0.1) is 0 Å². The molecule has 88 valence electrons. The van der Waals surface area contributed by atoms with E-state index in [1.54, 1.807) is 19.2 Å². The van der Waals surface area contributed by atoms with Crippen LogP contribution in [0.2, 0.25) is 0 Å². The Kier molecular flexibility index (Phi) is 5.11. The minimum atomic E-state index is -0.469. The van der Waals surface area contributed by atoms with Crippen LogP contribution in [0.4, 0.5) is 0 Å². The third-order valence-electron chi connectivity index (χ3n) is 1.89. The lowest BCUT2D eigenvalue weighted by molar-refractivity contribution is -0.140. The van der Waals surface area contributed by atoms with Gasteiger partial charge < -0.3 is 14.2 Å². The Morgan fingerprint density at radius 3 is 2.69 bits per heavy atom. The molecule has 1 unspecified atom stereocenters. The summed E-state index contributed by atoms with van der Waals surface area (Å²) in [4.78, 5) is 10.6. The molecular formula is C11H13BrO4. The van der Waals surface area contributed by atoms with Gasteiger partial charge >= 0.3 is 5.97 Å². The fourth-order valence-corrected chi connectivity index (χ4v) is 1.38. The number of hydrogen-bond acceptors (Lipinski definition) is 4. The molecule has 5 heteroatoms. The maximum Gasteiger partial charge on any atom is 0.322 e. The SMILES string of the molecule is COC(=O)C(Br)COc1cccc(OC)c1. The van der Waals surface area contributed by atoms with Gasteiger partial charge in [-0.1, -0.05) is 22.0 Å². The van der Waals surface area contributed by atoms with Crippen molar-refractivity contribution in [3.63, 3.8) is 0 Å². The fourth-order valence-electron chi connectivity index (χ4n) is 1.06. The lowest BCUT2D eigenvalue weighted by Crippen LogP contribution is -2.22. The Morgan fingerprint density at radius 1 is 1.38 bits per heavy atom. The van der Waals surface area contributed by atoms with Gasteiger partial charge in [0.2, 0.25) is 0 Å². The monoisotopic (exact) mass is 288 g/mol. The number of ether oxygens (including phenoxy) is 3. The van der Waals surface area contributed by atoms with E-state index in [4.69, 9.17) is 9.47 Å². The molecule has 0 saturated heterocycles. The van der Waals surface area contributed by atoms with Gasteiger partial charge in [-0.2, -0.15) is 0 Å². The zero-order valence-corrected chi connectivity index (χ0v) is 10.7. The first-order valence-corrected chi connectivity index (χ1v) is 5.57. The van der Waals surface area contributed by atoms with E-state index in [-0.39, 0.29) is 12.6 Å². The Bertz CT molecular complexity index is 354. The van der Waals surface area contributed by atoms with Gasteiger partial charge in [0.05, 0.1) is 14.2 Å². The number of carbonyl (C=O) groups excluding carboxylic acids is 1. The van der Waals surface area contributed by atoms with Crippen LogP contribution in [0.15, 0.2) is 24.3 Å². The molecule has 0 aliphatic carbocycles. The second kappa shape index (κ2) is 6.37. The van der Waals surface area contributed by atoms with Crippen LogP contribution in [0, 0.1) is 0 Å². The molecule has 0 radical (unpaired) electrons. The molecule has 0 aliphatic rings. The van der Waals surface area contributed by atoms with Crippen molar-refractivity contribution in [1.82, 2.24) is 0 Å². The molecular weight excluding hydrogens is 276 g/mol. The van der Waals surface area contributed by atoms with Crippen LogP contribution in [0.5, 0.6) is 11.5 Å². The molecule has 0 amide bonds. The number of carbonyl (C=O) groups is 1. The highest BCUT2D eigenvalue weighted by Crippen LogP contribution is 2.19. The summed E-state index contributed by atoms with van der Waals surface area (Å²) in [6.45, 7) is 0.208. The van der Waals surface area contributed by atoms with Crippen molar-refractivity contribution >= 4 is 21.9 Å². The Balaban J connectivity index is 2.51. The maximum atomic E-state index is 11.1. The molecule has 0 aliphatic heterocycles. The molecule has 0 fully saturated rings. The normalized spacial score (nSPS) is 11.7. The molecule has 1 atom stereocenters. The van der Waals surface area contributed by atoms with Crippen molar-refractivity contribution in [3.05, 3.63) is 24.3 Å². The largest absolute Gasteiger partial charge is 0.497 e. The molecule has 1 rings (SSSR count). The molecule has 16 heavy (non-hydrogen) atoms.